The molecule has 1 amide bonds. The molecule has 0 aliphatic rings. The monoisotopic (exact) mass is 577 g/mol. The zero-order chi connectivity index (χ0) is 29.5. The molecule has 0 bridgehead atoms. The van der Waals surface area contributed by atoms with Crippen LogP contribution in [0.5, 0.6) is 0 Å². The molecule has 0 spiro atoms. The highest BCUT2D eigenvalue weighted by Crippen LogP contribution is 2.62. The molecular weight excluding hydrogens is 562 g/mol. The number of aryl methyl sites for hydroxylation is 1. The Balaban J connectivity index is 3.41. The number of anilines is 1. The van der Waals surface area contributed by atoms with Crippen molar-refractivity contribution in [2.45, 2.75) is 74.1 Å². The summed E-state index contributed by atoms with van der Waals surface area (Å²) in [6.45, 7) is 1.79. The highest BCUT2D eigenvalue weighted by molar-refractivity contribution is 5.97. The van der Waals surface area contributed by atoms with Crippen molar-refractivity contribution < 1.29 is 75.0 Å². The zero-order valence-corrected chi connectivity index (χ0v) is 18.0. The van der Waals surface area contributed by atoms with Gasteiger partial charge in [-0.1, -0.05) is 25.5 Å². The fourth-order valence-electron chi connectivity index (χ4n) is 2.62. The first-order valence-corrected chi connectivity index (χ1v) is 9.71. The molecule has 0 saturated carbocycles. The molecule has 37 heavy (non-hydrogen) atoms. The van der Waals surface area contributed by atoms with Gasteiger partial charge in [-0.3, -0.25) is 4.79 Å². The van der Waals surface area contributed by atoms with Crippen molar-refractivity contribution in [2.75, 3.05) is 5.32 Å². The summed E-state index contributed by atoms with van der Waals surface area (Å²) in [5.74, 6) is -59.7. The van der Waals surface area contributed by atoms with Crippen molar-refractivity contribution in [3.8, 4) is 0 Å². The van der Waals surface area contributed by atoms with E-state index in [1.807, 2.05) is 0 Å². The third kappa shape index (κ3) is 5.03. The molecule has 0 aromatic heterocycles. The summed E-state index contributed by atoms with van der Waals surface area (Å²) in [7, 11) is 0. The second kappa shape index (κ2) is 10.0. The maximum atomic E-state index is 13.9. The van der Waals surface area contributed by atoms with E-state index in [0.29, 0.717) is 24.8 Å². The fourth-order valence-corrected chi connectivity index (χ4v) is 2.62. The van der Waals surface area contributed by atoms with E-state index < -0.39 is 59.5 Å². The maximum Gasteiger partial charge on any atom is 0.393 e. The Morgan fingerprint density at radius 2 is 1.11 bits per heavy atom. The maximum absolute atomic E-state index is 13.9. The van der Waals surface area contributed by atoms with Gasteiger partial charge in [-0.25, -0.2) is 8.78 Å². The van der Waals surface area contributed by atoms with E-state index in [9.17, 15) is 75.0 Å². The minimum absolute atomic E-state index is 0.406. The summed E-state index contributed by atoms with van der Waals surface area (Å²) in [4.78, 5) is 11.5. The molecule has 0 heterocycles. The molecule has 1 N–H and O–H groups in total. The van der Waals surface area contributed by atoms with Crippen molar-refractivity contribution in [3.63, 3.8) is 0 Å². The molecule has 18 heteroatoms. The Hall–Kier alpha value is -2.43. The van der Waals surface area contributed by atoms with Gasteiger partial charge in [0.1, 0.15) is 0 Å². The molecule has 1 aromatic rings. The van der Waals surface area contributed by atoms with Crippen LogP contribution in [-0.4, -0.2) is 53.8 Å². The third-order valence-electron chi connectivity index (χ3n) is 4.98. The molecule has 0 radical (unpaired) electrons. The molecular formula is C19H15F16NO. The van der Waals surface area contributed by atoms with Crippen LogP contribution in [0.4, 0.5) is 75.9 Å². The van der Waals surface area contributed by atoms with Crippen LogP contribution < -0.4 is 5.32 Å². The largest absolute Gasteiger partial charge is 0.393 e. The van der Waals surface area contributed by atoms with Crippen LogP contribution in [0, 0.1) is 0 Å². The van der Waals surface area contributed by atoms with E-state index in [0.717, 1.165) is 29.6 Å². The van der Waals surface area contributed by atoms with Gasteiger partial charge in [0.05, 0.1) is 0 Å². The minimum Gasteiger partial charge on any atom is -0.321 e. The summed E-state index contributed by atoms with van der Waals surface area (Å²) >= 11 is 0. The first-order chi connectivity index (χ1) is 16.4. The predicted molar refractivity (Wildman–Crippen MR) is 94.3 cm³/mol. The Morgan fingerprint density at radius 1 is 0.703 bits per heavy atom. The van der Waals surface area contributed by atoms with Crippen LogP contribution in [0.3, 0.4) is 0 Å². The number of amides is 1. The van der Waals surface area contributed by atoms with E-state index in [-0.39, 0.29) is 0 Å². The Bertz CT molecular complexity index is 942. The van der Waals surface area contributed by atoms with Crippen LogP contribution >= 0.6 is 0 Å². The third-order valence-corrected chi connectivity index (χ3v) is 4.98. The van der Waals surface area contributed by atoms with Gasteiger partial charge in [0, 0.05) is 5.69 Å². The van der Waals surface area contributed by atoms with E-state index in [4.69, 9.17) is 0 Å². The predicted octanol–water partition coefficient (Wildman–Crippen LogP) is 7.68. The van der Waals surface area contributed by atoms with Gasteiger partial charge in [-0.15, -0.1) is 0 Å². The van der Waals surface area contributed by atoms with E-state index in [1.165, 1.54) is 0 Å². The number of hydrogen-bond donors (Lipinski definition) is 1. The normalized spacial score (nSPS) is 14.8. The number of rotatable bonds is 12. The standard InChI is InChI=1S/C19H15F16NO/c1-2-3-4-9-5-7-10(8-6-9)36-12(37)14(24,25)16(28,29)18(32,33)19(34,35)17(30,31)15(26,27)13(22,23)11(20)21/h5-8,11H,2-4H2,1H3,(H,36,37). The molecule has 1 aromatic carbocycles. The number of carbonyl (C=O) groups excluding carboxylic acids is 1. The number of hydrogen-bond acceptors (Lipinski definition) is 1. The van der Waals surface area contributed by atoms with Crippen molar-refractivity contribution >= 4 is 11.6 Å². The van der Waals surface area contributed by atoms with Gasteiger partial charge in [0.25, 0.3) is 0 Å². The van der Waals surface area contributed by atoms with Crippen molar-refractivity contribution in [1.82, 2.24) is 0 Å². The van der Waals surface area contributed by atoms with Gasteiger partial charge in [0.2, 0.25) is 0 Å². The highest BCUT2D eigenvalue weighted by atomic mass is 19.4. The van der Waals surface area contributed by atoms with Gasteiger partial charge >= 0.3 is 53.8 Å². The number of halogens is 16. The quantitative estimate of drug-likeness (QED) is 0.254. The number of carbonyl (C=O) groups is 1. The topological polar surface area (TPSA) is 29.1 Å². The zero-order valence-electron chi connectivity index (χ0n) is 18.0. The van der Waals surface area contributed by atoms with Gasteiger partial charge in [-0.05, 0) is 30.5 Å². The lowest BCUT2D eigenvalue weighted by Gasteiger charge is -2.42. The fraction of sp³-hybridized carbons (Fsp3) is 0.632. The number of nitrogens with one attached hydrogen (secondary N) is 1. The molecule has 0 atom stereocenters. The van der Waals surface area contributed by atoms with Crippen LogP contribution in [0.25, 0.3) is 0 Å². The minimum atomic E-state index is -8.55. The Kier molecular flexibility index (Phi) is 8.84. The number of unbranched alkanes of at least 4 members (excludes halogenated alkanes) is 1. The average Bonchev–Trinajstić information content (AvgIpc) is 2.77. The summed E-state index contributed by atoms with van der Waals surface area (Å²) in [6, 6.07) is 3.81. The lowest BCUT2D eigenvalue weighted by atomic mass is 9.89. The summed E-state index contributed by atoms with van der Waals surface area (Å²) in [6.07, 6.45) is -4.20. The summed E-state index contributed by atoms with van der Waals surface area (Å²) in [5.41, 5.74) is -0.309. The second-order valence-electron chi connectivity index (χ2n) is 7.62. The summed E-state index contributed by atoms with van der Waals surface area (Å²) in [5, 5.41) is 0.901. The lowest BCUT2D eigenvalue weighted by Crippen LogP contribution is -2.74. The van der Waals surface area contributed by atoms with Gasteiger partial charge in [0.15, 0.2) is 0 Å². The van der Waals surface area contributed by atoms with Crippen molar-refractivity contribution in [3.05, 3.63) is 29.8 Å². The van der Waals surface area contributed by atoms with Crippen molar-refractivity contribution in [2.24, 2.45) is 0 Å². The number of alkyl halides is 16. The SMILES string of the molecule is CCCCc1ccc(NC(=O)C(F)(F)C(F)(F)C(F)(F)C(F)(F)C(F)(F)C(F)(F)C(F)(F)C(F)F)cc1. The molecule has 0 aliphatic heterocycles. The number of benzene rings is 1. The van der Waals surface area contributed by atoms with E-state index >= 15 is 0 Å². The summed E-state index contributed by atoms with van der Waals surface area (Å²) < 4.78 is 213. The van der Waals surface area contributed by atoms with Crippen molar-refractivity contribution in [1.29, 1.82) is 0 Å². The molecule has 0 fully saturated rings. The second-order valence-corrected chi connectivity index (χ2v) is 7.62. The van der Waals surface area contributed by atoms with E-state index in [1.54, 1.807) is 6.92 Å². The lowest BCUT2D eigenvalue weighted by molar-refractivity contribution is -0.443. The van der Waals surface area contributed by atoms with Gasteiger partial charge < -0.3 is 5.32 Å². The first-order valence-electron chi connectivity index (χ1n) is 9.71. The van der Waals surface area contributed by atoms with Gasteiger partial charge in [-0.2, -0.15) is 61.5 Å². The molecule has 214 valence electrons. The Labute approximate surface area is 197 Å². The average molecular weight is 577 g/mol. The van der Waals surface area contributed by atoms with Crippen LogP contribution in [0.15, 0.2) is 24.3 Å². The molecule has 1 rings (SSSR count). The molecule has 2 nitrogen and oxygen atoms in total. The highest BCUT2D eigenvalue weighted by Gasteiger charge is 2.94. The van der Waals surface area contributed by atoms with E-state index in [2.05, 4.69) is 0 Å². The smallest absolute Gasteiger partial charge is 0.321 e. The first kappa shape index (κ1) is 32.6. The molecule has 0 saturated heterocycles. The Morgan fingerprint density at radius 3 is 1.51 bits per heavy atom. The van der Waals surface area contributed by atoms with Crippen LogP contribution in [-0.2, 0) is 11.2 Å². The van der Waals surface area contributed by atoms with Crippen LogP contribution in [0.1, 0.15) is 25.3 Å². The van der Waals surface area contributed by atoms with Crippen LogP contribution in [0.2, 0.25) is 0 Å². The molecule has 0 unspecified atom stereocenters. The molecule has 0 aliphatic carbocycles.